The summed E-state index contributed by atoms with van der Waals surface area (Å²) in [7, 11) is 1.61. The summed E-state index contributed by atoms with van der Waals surface area (Å²) in [6.07, 6.45) is 0.409. The first kappa shape index (κ1) is 14.6. The van der Waals surface area contributed by atoms with Crippen molar-refractivity contribution >= 4 is 5.97 Å². The summed E-state index contributed by atoms with van der Waals surface area (Å²) in [6.45, 7) is 0. The van der Waals surface area contributed by atoms with Crippen LogP contribution in [0.5, 0.6) is 5.75 Å². The molecule has 15 heavy (non-hydrogen) atoms. The van der Waals surface area contributed by atoms with Gasteiger partial charge in [0.2, 0.25) is 0 Å². The molecule has 0 aliphatic rings. The number of aliphatic carboxylic acids is 1. The van der Waals surface area contributed by atoms with E-state index in [2.05, 4.69) is 5.32 Å². The maximum atomic E-state index is 10.7. The Hall–Kier alpha value is -0.446. The number of rotatable bonds is 4. The van der Waals surface area contributed by atoms with E-state index in [1.54, 1.807) is 31.3 Å². The van der Waals surface area contributed by atoms with Crippen molar-refractivity contribution in [3.8, 4) is 5.75 Å². The van der Waals surface area contributed by atoms with Crippen molar-refractivity contribution in [2.75, 3.05) is 7.05 Å². The number of carboxylic acid groups (broad SMARTS) is 1. The first-order valence-electron chi connectivity index (χ1n) is 4.31. The zero-order chi connectivity index (χ0) is 10.6. The first-order valence-corrected chi connectivity index (χ1v) is 4.31. The smallest absolute Gasteiger partial charge is 0.321 e. The third kappa shape index (κ3) is 4.73. The number of nitrogens with one attached hydrogen (secondary N) is 1. The fourth-order valence-corrected chi connectivity index (χ4v) is 1.18. The van der Waals surface area contributed by atoms with E-state index in [1.165, 1.54) is 0 Å². The van der Waals surface area contributed by atoms with Crippen LogP contribution < -0.4 is 5.32 Å². The van der Waals surface area contributed by atoms with E-state index in [9.17, 15) is 4.79 Å². The van der Waals surface area contributed by atoms with Crippen LogP contribution in [-0.2, 0) is 43.9 Å². The molecule has 4 nitrogen and oxygen atoms in total. The summed E-state index contributed by atoms with van der Waals surface area (Å²) in [5.41, 5.74) is 0.879. The molecular weight excluding hydrogens is 271 g/mol. The van der Waals surface area contributed by atoms with Gasteiger partial charge in [0.15, 0.2) is 0 Å². The van der Waals surface area contributed by atoms with Crippen LogP contribution in [0.4, 0.5) is 0 Å². The SMILES string of the molecule is CNC(Cc1ccc(O)cc1)C(=O)O.[Y]. The molecule has 79 valence electrons. The Balaban J connectivity index is 0.00000196. The van der Waals surface area contributed by atoms with Gasteiger partial charge in [0.1, 0.15) is 11.8 Å². The summed E-state index contributed by atoms with van der Waals surface area (Å²) in [5.74, 6) is -0.689. The van der Waals surface area contributed by atoms with Crippen LogP contribution in [0.2, 0.25) is 0 Å². The van der Waals surface area contributed by atoms with Crippen LogP contribution in [0.25, 0.3) is 0 Å². The van der Waals surface area contributed by atoms with Crippen molar-refractivity contribution in [1.82, 2.24) is 5.32 Å². The summed E-state index contributed by atoms with van der Waals surface area (Å²) in [4.78, 5) is 10.7. The summed E-state index contributed by atoms with van der Waals surface area (Å²) in [6, 6.07) is 5.93. The van der Waals surface area contributed by atoms with Crippen molar-refractivity contribution < 1.29 is 47.7 Å². The molecule has 0 heterocycles. The second kappa shape index (κ2) is 6.93. The third-order valence-electron chi connectivity index (χ3n) is 2.02. The van der Waals surface area contributed by atoms with Crippen molar-refractivity contribution in [3.63, 3.8) is 0 Å². The average molecular weight is 284 g/mol. The van der Waals surface area contributed by atoms with Crippen molar-refractivity contribution in [3.05, 3.63) is 29.8 Å². The van der Waals surface area contributed by atoms with E-state index in [0.29, 0.717) is 6.42 Å². The van der Waals surface area contributed by atoms with Crippen molar-refractivity contribution in [1.29, 1.82) is 0 Å². The molecule has 0 bridgehead atoms. The second-order valence-electron chi connectivity index (χ2n) is 3.05. The second-order valence-corrected chi connectivity index (χ2v) is 3.05. The molecule has 5 heteroatoms. The van der Waals surface area contributed by atoms with Crippen LogP contribution in [-0.4, -0.2) is 29.3 Å². The van der Waals surface area contributed by atoms with Gasteiger partial charge >= 0.3 is 5.97 Å². The zero-order valence-electron chi connectivity index (χ0n) is 8.47. The summed E-state index contributed by atoms with van der Waals surface area (Å²) < 4.78 is 0. The number of carbonyl (C=O) groups is 1. The molecule has 0 fully saturated rings. The molecule has 1 aromatic carbocycles. The largest absolute Gasteiger partial charge is 0.508 e. The van der Waals surface area contributed by atoms with E-state index in [-0.39, 0.29) is 38.5 Å². The molecule has 3 N–H and O–H groups in total. The topological polar surface area (TPSA) is 69.6 Å². The normalized spacial score (nSPS) is 11.5. The average Bonchev–Trinajstić information content (AvgIpc) is 2.16. The maximum absolute atomic E-state index is 10.7. The Bertz CT molecular complexity index is 313. The number of benzene rings is 1. The number of aromatic hydroxyl groups is 1. The van der Waals surface area contributed by atoms with Gasteiger partial charge in [-0.25, -0.2) is 0 Å². The molecule has 0 aliphatic carbocycles. The molecule has 1 aromatic rings. The van der Waals surface area contributed by atoms with Gasteiger partial charge in [0, 0.05) is 32.7 Å². The van der Waals surface area contributed by atoms with E-state index in [4.69, 9.17) is 10.2 Å². The van der Waals surface area contributed by atoms with Crippen LogP contribution >= 0.6 is 0 Å². The molecule has 1 radical (unpaired) electrons. The molecule has 1 unspecified atom stereocenters. The third-order valence-corrected chi connectivity index (χ3v) is 2.02. The molecule has 0 aromatic heterocycles. The Morgan fingerprint density at radius 2 is 1.93 bits per heavy atom. The van der Waals surface area contributed by atoms with Gasteiger partial charge in [-0.2, -0.15) is 0 Å². The van der Waals surface area contributed by atoms with Gasteiger partial charge in [0.05, 0.1) is 0 Å². The van der Waals surface area contributed by atoms with Gasteiger partial charge in [-0.1, -0.05) is 12.1 Å². The minimum Gasteiger partial charge on any atom is -0.508 e. The number of phenols is 1. The minimum atomic E-state index is -0.874. The predicted molar refractivity (Wildman–Crippen MR) is 52.3 cm³/mol. The molecule has 0 saturated heterocycles. The maximum Gasteiger partial charge on any atom is 0.321 e. The number of likely N-dealkylation sites (N-methyl/N-ethyl adjacent to an activating group) is 1. The Morgan fingerprint density at radius 1 is 1.40 bits per heavy atom. The first-order chi connectivity index (χ1) is 6.63. The zero-order valence-corrected chi connectivity index (χ0v) is 11.3. The van der Waals surface area contributed by atoms with Gasteiger partial charge < -0.3 is 15.5 Å². The quantitative estimate of drug-likeness (QED) is 0.757. The van der Waals surface area contributed by atoms with Crippen molar-refractivity contribution in [2.45, 2.75) is 12.5 Å². The molecule has 0 aliphatic heterocycles. The van der Waals surface area contributed by atoms with E-state index in [0.717, 1.165) is 5.56 Å². The number of hydrogen-bond donors (Lipinski definition) is 3. The van der Waals surface area contributed by atoms with Crippen LogP contribution in [0.15, 0.2) is 24.3 Å². The predicted octanol–water partition coefficient (Wildman–Crippen LogP) is 0.605. The molecule has 0 amide bonds. The minimum absolute atomic E-state index is 0. The standard InChI is InChI=1S/C10H13NO3.Y/c1-11-9(10(13)14)6-7-2-4-8(12)5-3-7;/h2-5,9,11-12H,6H2,1H3,(H,13,14);. The fourth-order valence-electron chi connectivity index (χ4n) is 1.18. The van der Waals surface area contributed by atoms with Gasteiger partial charge in [0.25, 0.3) is 0 Å². The van der Waals surface area contributed by atoms with E-state index < -0.39 is 12.0 Å². The van der Waals surface area contributed by atoms with Gasteiger partial charge in [-0.15, -0.1) is 0 Å². The summed E-state index contributed by atoms with van der Waals surface area (Å²) >= 11 is 0. The number of carboxylic acids is 1. The number of hydrogen-bond acceptors (Lipinski definition) is 3. The van der Waals surface area contributed by atoms with E-state index >= 15 is 0 Å². The van der Waals surface area contributed by atoms with E-state index in [1.807, 2.05) is 0 Å². The van der Waals surface area contributed by atoms with Crippen molar-refractivity contribution in [2.24, 2.45) is 0 Å². The molecule has 1 rings (SSSR count). The monoisotopic (exact) mass is 284 g/mol. The molecule has 1 atom stereocenters. The Morgan fingerprint density at radius 3 is 2.33 bits per heavy atom. The molecule has 0 spiro atoms. The number of phenolic OH excluding ortho intramolecular Hbond substituents is 1. The van der Waals surface area contributed by atoms with Crippen LogP contribution in [0, 0.1) is 0 Å². The molecular formula is C10H13NO3Y. The Kier molecular flexibility index (Phi) is 6.73. The van der Waals surface area contributed by atoms with Crippen LogP contribution in [0.3, 0.4) is 0 Å². The summed E-state index contributed by atoms with van der Waals surface area (Å²) in [5, 5.41) is 20.5. The van der Waals surface area contributed by atoms with Gasteiger partial charge in [-0.3, -0.25) is 4.79 Å². The fraction of sp³-hybridized carbons (Fsp3) is 0.300. The molecule has 0 saturated carbocycles. The Labute approximate surface area is 114 Å². The van der Waals surface area contributed by atoms with Gasteiger partial charge in [-0.05, 0) is 31.2 Å². The van der Waals surface area contributed by atoms with Crippen LogP contribution in [0.1, 0.15) is 5.56 Å².